The topological polar surface area (TPSA) is 53.0 Å². The fraction of sp³-hybridized carbons (Fsp3) is 0.417. The maximum absolute atomic E-state index is 11.8. The van der Waals surface area contributed by atoms with E-state index in [0.29, 0.717) is 6.54 Å². The van der Waals surface area contributed by atoms with Gasteiger partial charge in [0.1, 0.15) is 18.8 Å². The van der Waals surface area contributed by atoms with E-state index < -0.39 is 6.17 Å². The molecule has 0 radical (unpaired) electrons. The molecule has 1 aliphatic rings. The van der Waals surface area contributed by atoms with Crippen molar-refractivity contribution in [3.05, 3.63) is 35.9 Å². The van der Waals surface area contributed by atoms with Crippen LogP contribution in [-0.2, 0) is 16.1 Å². The Balaban J connectivity index is 2.13. The van der Waals surface area contributed by atoms with Crippen LogP contribution in [0.3, 0.4) is 0 Å². The molecule has 1 saturated heterocycles. The van der Waals surface area contributed by atoms with Gasteiger partial charge >= 0.3 is 0 Å². The number of ether oxygens (including phenoxy) is 1. The lowest BCUT2D eigenvalue weighted by Gasteiger charge is -2.30. The third-order valence-corrected chi connectivity index (χ3v) is 3.05. The summed E-state index contributed by atoms with van der Waals surface area (Å²) in [4.78, 5) is 13.4. The third-order valence-electron chi connectivity index (χ3n) is 2.82. The van der Waals surface area contributed by atoms with Gasteiger partial charge in [0.25, 0.3) is 0 Å². The van der Waals surface area contributed by atoms with Crippen molar-refractivity contribution in [1.29, 1.82) is 0 Å². The highest BCUT2D eigenvalue weighted by Gasteiger charge is 2.32. The van der Waals surface area contributed by atoms with E-state index in [4.69, 9.17) is 16.3 Å². The molecule has 1 fully saturated rings. The van der Waals surface area contributed by atoms with Gasteiger partial charge < -0.3 is 14.8 Å². The fourth-order valence-corrected chi connectivity index (χ4v) is 2.04. The average Bonchev–Trinajstić information content (AvgIpc) is 2.82. The summed E-state index contributed by atoms with van der Waals surface area (Å²) in [7, 11) is 0. The van der Waals surface area contributed by atoms with Gasteiger partial charge in [-0.15, -0.1) is 16.7 Å². The van der Waals surface area contributed by atoms with Crippen LogP contribution in [0.5, 0.6) is 0 Å². The molecule has 6 heteroatoms. The van der Waals surface area contributed by atoms with Gasteiger partial charge in [0.05, 0.1) is 6.61 Å². The molecule has 0 unspecified atom stereocenters. The summed E-state index contributed by atoms with van der Waals surface area (Å²) in [5, 5.41) is 10.7. The first-order valence-electron chi connectivity index (χ1n) is 5.65. The number of hydrogen-bond acceptors (Lipinski definition) is 4. The molecule has 2 rings (SSSR count). The molecule has 0 aliphatic carbocycles. The van der Waals surface area contributed by atoms with Crippen LogP contribution in [0.1, 0.15) is 5.56 Å². The first-order valence-corrected chi connectivity index (χ1v) is 6.18. The Labute approximate surface area is 110 Å². The molecule has 98 valence electrons. The van der Waals surface area contributed by atoms with Crippen molar-refractivity contribution in [1.82, 2.24) is 9.96 Å². The Kier molecular flexibility index (Phi) is 4.54. The van der Waals surface area contributed by atoms with Gasteiger partial charge in [-0.25, -0.2) is 0 Å². The lowest BCUT2D eigenvalue weighted by molar-refractivity contribution is -0.168. The number of hydrogen-bond donors (Lipinski definition) is 1. The maximum Gasteiger partial charge on any atom is 0.239 e. The summed E-state index contributed by atoms with van der Waals surface area (Å²) in [6.07, 6.45) is -0.476. The number of amides is 1. The molecule has 0 spiro atoms. The van der Waals surface area contributed by atoms with Gasteiger partial charge in [-0.1, -0.05) is 30.3 Å². The van der Waals surface area contributed by atoms with E-state index in [-0.39, 0.29) is 25.1 Å². The van der Waals surface area contributed by atoms with E-state index >= 15 is 0 Å². The molecule has 0 bridgehead atoms. The van der Waals surface area contributed by atoms with E-state index in [9.17, 15) is 10.0 Å². The lowest BCUT2D eigenvalue weighted by Crippen LogP contribution is -2.48. The van der Waals surface area contributed by atoms with Crippen molar-refractivity contribution in [2.24, 2.45) is 0 Å². The van der Waals surface area contributed by atoms with Crippen LogP contribution in [0.15, 0.2) is 30.3 Å². The Morgan fingerprint density at radius 1 is 1.50 bits per heavy atom. The molecular weight excluding hydrogens is 256 g/mol. The van der Waals surface area contributed by atoms with Crippen LogP contribution in [0.2, 0.25) is 0 Å². The molecule has 1 aromatic rings. The molecular formula is C12H15ClN2O3. The van der Waals surface area contributed by atoms with E-state index in [1.807, 2.05) is 30.3 Å². The SMILES string of the molecule is O=C(CCl)N(Cc1ccccc1)[C@H]1COCN1O. The van der Waals surface area contributed by atoms with Gasteiger partial charge in [-0.05, 0) is 5.56 Å². The first-order chi connectivity index (χ1) is 8.72. The van der Waals surface area contributed by atoms with Crippen LogP contribution < -0.4 is 0 Å². The minimum atomic E-state index is -0.476. The predicted octanol–water partition coefficient (Wildman–Crippen LogP) is 1.26. The van der Waals surface area contributed by atoms with E-state index in [2.05, 4.69) is 0 Å². The zero-order valence-electron chi connectivity index (χ0n) is 9.83. The third kappa shape index (κ3) is 3.00. The molecule has 1 atom stereocenters. The summed E-state index contributed by atoms with van der Waals surface area (Å²) < 4.78 is 5.12. The fourth-order valence-electron chi connectivity index (χ4n) is 1.89. The molecule has 1 N–H and O–H groups in total. The van der Waals surface area contributed by atoms with Crippen molar-refractivity contribution < 1.29 is 14.7 Å². The van der Waals surface area contributed by atoms with E-state index in [1.165, 1.54) is 4.90 Å². The second-order valence-corrected chi connectivity index (χ2v) is 4.33. The molecule has 1 amide bonds. The smallest absolute Gasteiger partial charge is 0.239 e. The molecule has 1 aromatic carbocycles. The minimum absolute atomic E-state index is 0.103. The Morgan fingerprint density at radius 2 is 2.22 bits per heavy atom. The predicted molar refractivity (Wildman–Crippen MR) is 65.9 cm³/mol. The second kappa shape index (κ2) is 6.15. The van der Waals surface area contributed by atoms with Crippen molar-refractivity contribution in [2.75, 3.05) is 19.2 Å². The summed E-state index contributed by atoms with van der Waals surface area (Å²) >= 11 is 5.61. The number of carbonyl (C=O) groups excluding carboxylic acids is 1. The number of hydroxylamine groups is 2. The standard InChI is InChI=1S/C12H15ClN2O3/c13-6-12(16)14(11-8-18-9-15(11)17)7-10-4-2-1-3-5-10/h1-5,11,17H,6-9H2/t11-/m1/s1. The maximum atomic E-state index is 11.8. The number of alkyl halides is 1. The van der Waals surface area contributed by atoms with Gasteiger partial charge in [-0.2, -0.15) is 0 Å². The summed E-state index contributed by atoms with van der Waals surface area (Å²) in [6.45, 7) is 0.787. The van der Waals surface area contributed by atoms with Crippen LogP contribution in [0.25, 0.3) is 0 Å². The lowest BCUT2D eigenvalue weighted by atomic mass is 10.2. The van der Waals surface area contributed by atoms with Crippen LogP contribution in [-0.4, -0.2) is 46.5 Å². The second-order valence-electron chi connectivity index (χ2n) is 4.06. The van der Waals surface area contributed by atoms with E-state index in [1.54, 1.807) is 0 Å². The molecule has 18 heavy (non-hydrogen) atoms. The molecule has 0 saturated carbocycles. The van der Waals surface area contributed by atoms with Gasteiger partial charge in [0, 0.05) is 6.54 Å². The van der Waals surface area contributed by atoms with Gasteiger partial charge in [0.2, 0.25) is 5.91 Å². The van der Waals surface area contributed by atoms with Crippen LogP contribution >= 0.6 is 11.6 Å². The Bertz CT molecular complexity index is 402. The highest BCUT2D eigenvalue weighted by atomic mass is 35.5. The normalized spacial score (nSPS) is 20.0. The van der Waals surface area contributed by atoms with E-state index in [0.717, 1.165) is 10.6 Å². The number of nitrogens with zero attached hydrogens (tertiary/aromatic N) is 2. The summed E-state index contributed by atoms with van der Waals surface area (Å²) in [5.41, 5.74) is 0.983. The molecule has 5 nitrogen and oxygen atoms in total. The number of carbonyl (C=O) groups is 1. The molecule has 1 heterocycles. The largest absolute Gasteiger partial charge is 0.360 e. The summed E-state index contributed by atoms with van der Waals surface area (Å²) in [6, 6.07) is 9.56. The quantitative estimate of drug-likeness (QED) is 0.837. The van der Waals surface area contributed by atoms with Crippen molar-refractivity contribution in [3.63, 3.8) is 0 Å². The van der Waals surface area contributed by atoms with Crippen molar-refractivity contribution >= 4 is 17.5 Å². The Morgan fingerprint density at radius 3 is 2.78 bits per heavy atom. The number of halogens is 1. The van der Waals surface area contributed by atoms with Crippen molar-refractivity contribution in [3.8, 4) is 0 Å². The highest BCUT2D eigenvalue weighted by Crippen LogP contribution is 2.16. The Hall–Kier alpha value is -1.14. The van der Waals surface area contributed by atoms with Crippen molar-refractivity contribution in [2.45, 2.75) is 12.7 Å². The zero-order valence-corrected chi connectivity index (χ0v) is 10.6. The first kappa shape index (κ1) is 13.3. The molecule has 1 aliphatic heterocycles. The van der Waals surface area contributed by atoms with Gasteiger partial charge in [0.15, 0.2) is 0 Å². The number of rotatable bonds is 4. The average molecular weight is 271 g/mol. The highest BCUT2D eigenvalue weighted by molar-refractivity contribution is 6.27. The number of benzene rings is 1. The monoisotopic (exact) mass is 270 g/mol. The van der Waals surface area contributed by atoms with Crippen LogP contribution in [0, 0.1) is 0 Å². The van der Waals surface area contributed by atoms with Crippen LogP contribution in [0.4, 0.5) is 0 Å². The minimum Gasteiger partial charge on any atom is -0.360 e. The van der Waals surface area contributed by atoms with Gasteiger partial charge in [-0.3, -0.25) is 4.79 Å². The zero-order chi connectivity index (χ0) is 13.0. The summed E-state index contributed by atoms with van der Waals surface area (Å²) in [5.74, 6) is -0.341. The molecule has 0 aromatic heterocycles.